The van der Waals surface area contributed by atoms with Crippen molar-refractivity contribution in [3.8, 4) is 5.75 Å². The highest BCUT2D eigenvalue weighted by molar-refractivity contribution is 6.10. The first-order valence-electron chi connectivity index (χ1n) is 5.72. The molecule has 18 heavy (non-hydrogen) atoms. The molecule has 0 fully saturated rings. The molecule has 2 aromatic rings. The Morgan fingerprint density at radius 1 is 1.06 bits per heavy atom. The Kier molecular flexibility index (Phi) is 3.15. The summed E-state index contributed by atoms with van der Waals surface area (Å²) in [4.78, 5) is 22.8. The van der Waals surface area contributed by atoms with Gasteiger partial charge in [-0.2, -0.15) is 0 Å². The van der Waals surface area contributed by atoms with Crippen molar-refractivity contribution in [2.24, 2.45) is 0 Å². The van der Waals surface area contributed by atoms with E-state index < -0.39 is 0 Å². The fraction of sp³-hybridized carbons (Fsp3) is 0.200. The molecule has 0 amide bonds. The number of ether oxygens (including phenoxy) is 1. The molecule has 0 bridgehead atoms. The van der Waals surface area contributed by atoms with Gasteiger partial charge in [0.05, 0.1) is 0 Å². The third-order valence-corrected chi connectivity index (χ3v) is 2.81. The number of aryl methyl sites for hydroxylation is 1. The van der Waals surface area contributed by atoms with Crippen LogP contribution in [0.1, 0.15) is 29.8 Å². The van der Waals surface area contributed by atoms with Crippen molar-refractivity contribution in [2.45, 2.75) is 20.8 Å². The number of carbonyl (C=O) groups is 2. The Morgan fingerprint density at radius 2 is 1.67 bits per heavy atom. The molecule has 0 saturated heterocycles. The van der Waals surface area contributed by atoms with E-state index in [0.29, 0.717) is 11.3 Å². The summed E-state index contributed by atoms with van der Waals surface area (Å²) in [5.41, 5.74) is 1.50. The molecule has 0 aliphatic carbocycles. The van der Waals surface area contributed by atoms with Crippen LogP contribution in [0.15, 0.2) is 30.3 Å². The van der Waals surface area contributed by atoms with Gasteiger partial charge in [0.25, 0.3) is 0 Å². The van der Waals surface area contributed by atoms with E-state index in [0.717, 1.165) is 16.3 Å². The Morgan fingerprint density at radius 3 is 2.22 bits per heavy atom. The van der Waals surface area contributed by atoms with Crippen molar-refractivity contribution >= 4 is 22.5 Å². The molecular formula is C15H14O3. The summed E-state index contributed by atoms with van der Waals surface area (Å²) in [7, 11) is 0. The number of hydrogen-bond acceptors (Lipinski definition) is 3. The molecule has 92 valence electrons. The Hall–Kier alpha value is -2.16. The van der Waals surface area contributed by atoms with Gasteiger partial charge in [0.15, 0.2) is 5.78 Å². The maximum Gasteiger partial charge on any atom is 0.308 e. The Labute approximate surface area is 105 Å². The van der Waals surface area contributed by atoms with Crippen molar-refractivity contribution in [1.29, 1.82) is 0 Å². The van der Waals surface area contributed by atoms with Crippen LogP contribution in [-0.2, 0) is 4.79 Å². The van der Waals surface area contributed by atoms with E-state index in [4.69, 9.17) is 4.74 Å². The fourth-order valence-corrected chi connectivity index (χ4v) is 2.18. The van der Waals surface area contributed by atoms with Gasteiger partial charge in [0.1, 0.15) is 5.75 Å². The van der Waals surface area contributed by atoms with Crippen molar-refractivity contribution < 1.29 is 14.3 Å². The zero-order chi connectivity index (χ0) is 13.3. The van der Waals surface area contributed by atoms with Gasteiger partial charge in [0, 0.05) is 17.9 Å². The first-order valence-corrected chi connectivity index (χ1v) is 5.72. The number of rotatable bonds is 2. The average Bonchev–Trinajstić information content (AvgIpc) is 2.27. The number of Topliss-reactive ketones (excluding diaryl/α,β-unsaturated/α-hetero) is 1. The lowest BCUT2D eigenvalue weighted by Crippen LogP contribution is -2.05. The fourth-order valence-electron chi connectivity index (χ4n) is 2.18. The van der Waals surface area contributed by atoms with Crippen LogP contribution in [-0.4, -0.2) is 11.8 Å². The van der Waals surface area contributed by atoms with E-state index in [2.05, 4.69) is 0 Å². The first-order chi connectivity index (χ1) is 8.50. The zero-order valence-electron chi connectivity index (χ0n) is 10.6. The summed E-state index contributed by atoms with van der Waals surface area (Å²) >= 11 is 0. The second-order valence-corrected chi connectivity index (χ2v) is 4.26. The Bertz CT molecular complexity index is 641. The number of carbonyl (C=O) groups excluding carboxylic acids is 2. The molecule has 0 saturated carbocycles. The number of benzene rings is 2. The summed E-state index contributed by atoms with van der Waals surface area (Å²) in [5.74, 6) is 0.147. The number of fused-ring (bicyclic) bond motifs is 1. The molecule has 3 heteroatoms. The molecule has 0 aliphatic rings. The van der Waals surface area contributed by atoms with E-state index >= 15 is 0 Å². The minimum atomic E-state index is -0.366. The maximum atomic E-state index is 11.7. The lowest BCUT2D eigenvalue weighted by molar-refractivity contribution is -0.131. The second-order valence-electron chi connectivity index (χ2n) is 4.26. The van der Waals surface area contributed by atoms with Crippen LogP contribution in [0, 0.1) is 6.92 Å². The molecule has 0 heterocycles. The van der Waals surface area contributed by atoms with Crippen LogP contribution < -0.4 is 4.74 Å². The lowest BCUT2D eigenvalue weighted by atomic mass is 9.96. The van der Waals surface area contributed by atoms with E-state index in [1.165, 1.54) is 6.92 Å². The molecule has 0 unspecified atom stereocenters. The molecule has 0 spiro atoms. The third-order valence-electron chi connectivity index (χ3n) is 2.81. The van der Waals surface area contributed by atoms with Gasteiger partial charge in [-0.15, -0.1) is 0 Å². The topological polar surface area (TPSA) is 43.4 Å². The van der Waals surface area contributed by atoms with E-state index in [1.807, 2.05) is 31.2 Å². The smallest absolute Gasteiger partial charge is 0.308 e. The normalized spacial score (nSPS) is 10.4. The van der Waals surface area contributed by atoms with Crippen LogP contribution >= 0.6 is 0 Å². The van der Waals surface area contributed by atoms with Gasteiger partial charge in [-0.05, 0) is 30.9 Å². The monoisotopic (exact) mass is 242 g/mol. The van der Waals surface area contributed by atoms with Gasteiger partial charge in [-0.3, -0.25) is 9.59 Å². The van der Waals surface area contributed by atoms with Gasteiger partial charge in [0.2, 0.25) is 0 Å². The molecule has 3 nitrogen and oxygen atoms in total. The van der Waals surface area contributed by atoms with Gasteiger partial charge in [-0.1, -0.05) is 24.3 Å². The van der Waals surface area contributed by atoms with Crippen LogP contribution in [0.5, 0.6) is 5.75 Å². The van der Waals surface area contributed by atoms with Crippen LogP contribution in [0.2, 0.25) is 0 Å². The molecule has 0 aromatic heterocycles. The number of esters is 1. The largest absolute Gasteiger partial charge is 0.426 e. The molecule has 2 rings (SSSR count). The van der Waals surface area contributed by atoms with E-state index in [-0.39, 0.29) is 11.8 Å². The highest BCUT2D eigenvalue weighted by Crippen LogP contribution is 2.31. The van der Waals surface area contributed by atoms with Crippen molar-refractivity contribution in [3.05, 3.63) is 41.5 Å². The standard InChI is InChI=1S/C15H14O3/c1-9-8-14(18-11(3)17)12-6-4-5-7-13(12)15(9)10(2)16/h4-8H,1-3H3. The van der Waals surface area contributed by atoms with E-state index in [1.54, 1.807) is 13.0 Å². The SMILES string of the molecule is CC(=O)Oc1cc(C)c(C(C)=O)c2ccccc12. The minimum absolute atomic E-state index is 0.0121. The average molecular weight is 242 g/mol. The minimum Gasteiger partial charge on any atom is -0.426 e. The van der Waals surface area contributed by atoms with Crippen LogP contribution in [0.4, 0.5) is 0 Å². The summed E-state index contributed by atoms with van der Waals surface area (Å²) in [6.45, 7) is 4.75. The molecule has 0 aliphatic heterocycles. The molecule has 0 N–H and O–H groups in total. The first kappa shape index (κ1) is 12.3. The van der Waals surface area contributed by atoms with Crippen molar-refractivity contribution in [2.75, 3.05) is 0 Å². The molecule has 0 radical (unpaired) electrons. The summed E-state index contributed by atoms with van der Waals surface area (Å²) in [5, 5.41) is 1.60. The third kappa shape index (κ3) is 2.12. The van der Waals surface area contributed by atoms with Gasteiger partial charge >= 0.3 is 5.97 Å². The van der Waals surface area contributed by atoms with Crippen molar-refractivity contribution in [1.82, 2.24) is 0 Å². The summed E-state index contributed by atoms with van der Waals surface area (Å²) < 4.78 is 5.19. The predicted octanol–water partition coefficient (Wildman–Crippen LogP) is 3.28. The van der Waals surface area contributed by atoms with Crippen LogP contribution in [0.25, 0.3) is 10.8 Å². The zero-order valence-corrected chi connectivity index (χ0v) is 10.6. The summed E-state index contributed by atoms with van der Waals surface area (Å²) in [6.07, 6.45) is 0. The van der Waals surface area contributed by atoms with E-state index in [9.17, 15) is 9.59 Å². The summed E-state index contributed by atoms with van der Waals surface area (Å²) in [6, 6.07) is 9.17. The number of hydrogen-bond donors (Lipinski definition) is 0. The lowest BCUT2D eigenvalue weighted by Gasteiger charge is -2.12. The highest BCUT2D eigenvalue weighted by atomic mass is 16.5. The molecule has 2 aromatic carbocycles. The molecule has 0 atom stereocenters. The van der Waals surface area contributed by atoms with Gasteiger partial charge in [-0.25, -0.2) is 0 Å². The predicted molar refractivity (Wildman–Crippen MR) is 70.0 cm³/mol. The highest BCUT2D eigenvalue weighted by Gasteiger charge is 2.14. The second kappa shape index (κ2) is 4.61. The maximum absolute atomic E-state index is 11.7. The molecular weight excluding hydrogens is 228 g/mol. The van der Waals surface area contributed by atoms with Crippen LogP contribution in [0.3, 0.4) is 0 Å². The quantitative estimate of drug-likeness (QED) is 0.461. The van der Waals surface area contributed by atoms with Crippen molar-refractivity contribution in [3.63, 3.8) is 0 Å². The Balaban J connectivity index is 2.80. The number of ketones is 1. The van der Waals surface area contributed by atoms with Gasteiger partial charge < -0.3 is 4.74 Å².